The van der Waals surface area contributed by atoms with Crippen molar-refractivity contribution in [3.63, 3.8) is 0 Å². The molecule has 1 atom stereocenters. The molecule has 4 nitrogen and oxygen atoms in total. The first-order valence-corrected chi connectivity index (χ1v) is 5.46. The summed E-state index contributed by atoms with van der Waals surface area (Å²) in [6.07, 6.45) is 3.29. The molecule has 0 fully saturated rings. The van der Waals surface area contributed by atoms with Crippen LogP contribution in [0.15, 0.2) is 47.3 Å². The Balaban J connectivity index is 2.18. The molecule has 0 spiro atoms. The Kier molecular flexibility index (Phi) is 2.23. The number of aromatic nitrogens is 2. The number of furan rings is 1. The number of aryl methyl sites for hydroxylation is 1. The molecule has 0 aliphatic rings. The fourth-order valence-electron chi connectivity index (χ4n) is 2.08. The highest BCUT2D eigenvalue weighted by atomic mass is 16.3. The second kappa shape index (κ2) is 3.75. The molecule has 3 aromatic rings. The van der Waals surface area contributed by atoms with Gasteiger partial charge in [-0.3, -0.25) is 4.68 Å². The van der Waals surface area contributed by atoms with Crippen molar-refractivity contribution in [1.29, 1.82) is 0 Å². The topological polar surface area (TPSA) is 57.0 Å². The highest BCUT2D eigenvalue weighted by Gasteiger charge is 2.17. The van der Waals surface area contributed by atoms with Crippen molar-refractivity contribution in [3.05, 3.63) is 54.1 Å². The summed E-state index contributed by atoms with van der Waals surface area (Å²) in [6.45, 7) is 0. The van der Waals surface area contributed by atoms with Crippen molar-refractivity contribution in [2.75, 3.05) is 0 Å². The molecule has 0 bridgehead atoms. The van der Waals surface area contributed by atoms with Gasteiger partial charge in [-0.15, -0.1) is 0 Å². The van der Waals surface area contributed by atoms with E-state index in [1.54, 1.807) is 12.5 Å². The van der Waals surface area contributed by atoms with E-state index in [4.69, 9.17) is 10.2 Å². The van der Waals surface area contributed by atoms with Crippen molar-refractivity contribution in [3.8, 4) is 0 Å². The van der Waals surface area contributed by atoms with Gasteiger partial charge in [0.15, 0.2) is 0 Å². The minimum atomic E-state index is -0.250. The van der Waals surface area contributed by atoms with E-state index < -0.39 is 0 Å². The van der Waals surface area contributed by atoms with Gasteiger partial charge >= 0.3 is 0 Å². The van der Waals surface area contributed by atoms with E-state index in [9.17, 15) is 0 Å². The Bertz CT molecular complexity index is 640. The molecule has 1 unspecified atom stereocenters. The van der Waals surface area contributed by atoms with Gasteiger partial charge in [0.05, 0.1) is 29.8 Å². The summed E-state index contributed by atoms with van der Waals surface area (Å²) in [5.41, 5.74) is 9.11. The van der Waals surface area contributed by atoms with Gasteiger partial charge in [0.1, 0.15) is 0 Å². The highest BCUT2D eigenvalue weighted by Crippen LogP contribution is 2.26. The zero-order valence-electron chi connectivity index (χ0n) is 9.50. The van der Waals surface area contributed by atoms with E-state index in [0.717, 1.165) is 22.2 Å². The van der Waals surface area contributed by atoms with Gasteiger partial charge in [0.25, 0.3) is 0 Å². The Labute approximate surface area is 98.6 Å². The molecule has 0 aliphatic heterocycles. The molecule has 0 saturated heterocycles. The normalized spacial score (nSPS) is 13.1. The van der Waals surface area contributed by atoms with Gasteiger partial charge in [-0.2, -0.15) is 5.10 Å². The van der Waals surface area contributed by atoms with E-state index in [-0.39, 0.29) is 6.04 Å². The van der Waals surface area contributed by atoms with E-state index in [1.165, 1.54) is 0 Å². The summed E-state index contributed by atoms with van der Waals surface area (Å²) in [5, 5.41) is 5.58. The first-order valence-electron chi connectivity index (χ1n) is 5.46. The van der Waals surface area contributed by atoms with Crippen molar-refractivity contribution in [2.24, 2.45) is 12.8 Å². The SMILES string of the molecule is Cn1nc(C(N)c2ccoc2)c2ccccc21. The first kappa shape index (κ1) is 10.1. The summed E-state index contributed by atoms with van der Waals surface area (Å²) >= 11 is 0. The molecule has 0 saturated carbocycles. The molecular weight excluding hydrogens is 214 g/mol. The Hall–Kier alpha value is -2.07. The van der Waals surface area contributed by atoms with E-state index in [2.05, 4.69) is 5.10 Å². The first-order chi connectivity index (χ1) is 8.27. The summed E-state index contributed by atoms with van der Waals surface area (Å²) in [6, 6.07) is 9.69. The monoisotopic (exact) mass is 227 g/mol. The van der Waals surface area contributed by atoms with Crippen LogP contribution in [-0.2, 0) is 7.05 Å². The highest BCUT2D eigenvalue weighted by molar-refractivity contribution is 5.82. The Morgan fingerprint density at radius 2 is 2.12 bits per heavy atom. The Morgan fingerprint density at radius 3 is 2.88 bits per heavy atom. The number of nitrogens with zero attached hydrogens (tertiary/aromatic N) is 2. The Morgan fingerprint density at radius 1 is 1.29 bits per heavy atom. The van der Waals surface area contributed by atoms with Crippen molar-refractivity contribution in [2.45, 2.75) is 6.04 Å². The quantitative estimate of drug-likeness (QED) is 0.730. The van der Waals surface area contributed by atoms with Crippen LogP contribution in [-0.4, -0.2) is 9.78 Å². The fourth-order valence-corrected chi connectivity index (χ4v) is 2.08. The van der Waals surface area contributed by atoms with Crippen LogP contribution in [0.5, 0.6) is 0 Å². The zero-order chi connectivity index (χ0) is 11.8. The van der Waals surface area contributed by atoms with Crippen LogP contribution in [0.4, 0.5) is 0 Å². The van der Waals surface area contributed by atoms with Gasteiger partial charge < -0.3 is 10.2 Å². The maximum atomic E-state index is 6.20. The maximum Gasteiger partial charge on any atom is 0.0954 e. The largest absolute Gasteiger partial charge is 0.472 e. The molecule has 2 heterocycles. The van der Waals surface area contributed by atoms with Crippen LogP contribution in [0.25, 0.3) is 10.9 Å². The van der Waals surface area contributed by atoms with Crippen LogP contribution in [0, 0.1) is 0 Å². The van der Waals surface area contributed by atoms with Gasteiger partial charge in [0.2, 0.25) is 0 Å². The minimum Gasteiger partial charge on any atom is -0.472 e. The van der Waals surface area contributed by atoms with E-state index >= 15 is 0 Å². The lowest BCUT2D eigenvalue weighted by Crippen LogP contribution is -2.12. The lowest BCUT2D eigenvalue weighted by atomic mass is 10.1. The number of hydrogen-bond acceptors (Lipinski definition) is 3. The predicted octanol–water partition coefficient (Wildman–Crippen LogP) is 2.21. The molecule has 2 N–H and O–H groups in total. The lowest BCUT2D eigenvalue weighted by molar-refractivity contribution is 0.561. The maximum absolute atomic E-state index is 6.20. The molecule has 3 rings (SSSR count). The van der Waals surface area contributed by atoms with Gasteiger partial charge in [-0.1, -0.05) is 18.2 Å². The molecular formula is C13H13N3O. The molecule has 17 heavy (non-hydrogen) atoms. The molecule has 4 heteroatoms. The second-order valence-corrected chi connectivity index (χ2v) is 4.06. The summed E-state index contributed by atoms with van der Waals surface area (Å²) in [5.74, 6) is 0. The smallest absolute Gasteiger partial charge is 0.0954 e. The summed E-state index contributed by atoms with van der Waals surface area (Å²) in [4.78, 5) is 0. The molecule has 86 valence electrons. The third-order valence-electron chi connectivity index (χ3n) is 2.98. The van der Waals surface area contributed by atoms with Gasteiger partial charge in [-0.25, -0.2) is 0 Å². The van der Waals surface area contributed by atoms with Crippen molar-refractivity contribution >= 4 is 10.9 Å². The molecule has 1 aromatic carbocycles. The number of nitrogens with two attached hydrogens (primary N) is 1. The fraction of sp³-hybridized carbons (Fsp3) is 0.154. The third kappa shape index (κ3) is 1.54. The van der Waals surface area contributed by atoms with E-state index in [1.807, 2.05) is 42.1 Å². The van der Waals surface area contributed by atoms with Crippen LogP contribution in [0.3, 0.4) is 0 Å². The lowest BCUT2D eigenvalue weighted by Gasteiger charge is -2.05. The van der Waals surface area contributed by atoms with Crippen molar-refractivity contribution in [1.82, 2.24) is 9.78 Å². The number of para-hydroxylation sites is 1. The van der Waals surface area contributed by atoms with Gasteiger partial charge in [-0.05, 0) is 12.1 Å². The van der Waals surface area contributed by atoms with Crippen LogP contribution in [0.1, 0.15) is 17.3 Å². The van der Waals surface area contributed by atoms with E-state index in [0.29, 0.717) is 0 Å². The number of fused-ring (bicyclic) bond motifs is 1. The van der Waals surface area contributed by atoms with Crippen LogP contribution < -0.4 is 5.73 Å². The molecule has 0 amide bonds. The molecule has 0 radical (unpaired) electrons. The van der Waals surface area contributed by atoms with Gasteiger partial charge in [0, 0.05) is 18.0 Å². The standard InChI is InChI=1S/C13H13N3O/c1-16-11-5-3-2-4-10(11)13(15-16)12(14)9-6-7-17-8-9/h2-8,12H,14H2,1H3. The summed E-state index contributed by atoms with van der Waals surface area (Å²) in [7, 11) is 1.92. The number of rotatable bonds is 2. The molecule has 0 aliphatic carbocycles. The third-order valence-corrected chi connectivity index (χ3v) is 2.98. The van der Waals surface area contributed by atoms with Crippen molar-refractivity contribution < 1.29 is 4.42 Å². The predicted molar refractivity (Wildman–Crippen MR) is 65.5 cm³/mol. The average molecular weight is 227 g/mol. The average Bonchev–Trinajstić information content (AvgIpc) is 2.97. The molecule has 2 aromatic heterocycles. The minimum absolute atomic E-state index is 0.250. The number of hydrogen-bond donors (Lipinski definition) is 1. The second-order valence-electron chi connectivity index (χ2n) is 4.06. The number of benzene rings is 1. The zero-order valence-corrected chi connectivity index (χ0v) is 9.50. The van der Waals surface area contributed by atoms with Crippen LogP contribution in [0.2, 0.25) is 0 Å². The van der Waals surface area contributed by atoms with Crippen LogP contribution >= 0.6 is 0 Å². The summed E-state index contributed by atoms with van der Waals surface area (Å²) < 4.78 is 6.91.